The number of carbonyl (C=O) groups is 2. The smallest absolute Gasteiger partial charge is 0.275 e. The summed E-state index contributed by atoms with van der Waals surface area (Å²) in [6, 6.07) is 13.4. The van der Waals surface area contributed by atoms with Crippen LogP contribution < -0.4 is 10.3 Å². The average molecular weight is 360 g/mol. The lowest BCUT2D eigenvalue weighted by atomic mass is 10.2. The monoisotopic (exact) mass is 359 g/mol. The topological polar surface area (TPSA) is 82.0 Å². The van der Waals surface area contributed by atoms with Gasteiger partial charge in [-0.05, 0) is 37.3 Å². The number of phenols is 1. The third-order valence-electron chi connectivity index (χ3n) is 3.48. The van der Waals surface area contributed by atoms with Crippen LogP contribution in [-0.4, -0.2) is 29.7 Å². The highest BCUT2D eigenvalue weighted by Crippen LogP contribution is 2.21. The van der Waals surface area contributed by atoms with Gasteiger partial charge in [-0.3, -0.25) is 9.59 Å². The number of aromatic hydroxyl groups is 1. The van der Waals surface area contributed by atoms with Crippen LogP contribution in [0.15, 0.2) is 53.6 Å². The highest BCUT2D eigenvalue weighted by molar-refractivity contribution is 6.31. The summed E-state index contributed by atoms with van der Waals surface area (Å²) in [4.78, 5) is 25.8. The van der Waals surface area contributed by atoms with Crippen LogP contribution in [0.25, 0.3) is 0 Å². The number of nitrogens with one attached hydrogen (secondary N) is 1. The van der Waals surface area contributed by atoms with E-state index in [0.29, 0.717) is 10.7 Å². The molecule has 0 heterocycles. The van der Waals surface area contributed by atoms with E-state index in [2.05, 4.69) is 10.5 Å². The fraction of sp³-hybridized carbons (Fsp3) is 0.167. The first-order valence-electron chi connectivity index (χ1n) is 7.52. The number of para-hydroxylation sites is 1. The molecule has 0 saturated heterocycles. The first kappa shape index (κ1) is 18.5. The average Bonchev–Trinajstić information content (AvgIpc) is 2.61. The molecular formula is C18H18ClN3O3. The number of rotatable bonds is 5. The van der Waals surface area contributed by atoms with Crippen molar-refractivity contribution in [1.82, 2.24) is 5.43 Å². The van der Waals surface area contributed by atoms with Gasteiger partial charge in [-0.15, -0.1) is 0 Å². The third kappa shape index (κ3) is 5.06. The second-order valence-corrected chi connectivity index (χ2v) is 5.85. The number of carbonyl (C=O) groups excluding carboxylic acids is 2. The van der Waals surface area contributed by atoms with Gasteiger partial charge in [0.15, 0.2) is 0 Å². The van der Waals surface area contributed by atoms with Crippen LogP contribution in [0.1, 0.15) is 23.7 Å². The predicted octanol–water partition coefficient (Wildman–Crippen LogP) is 3.20. The van der Waals surface area contributed by atoms with Crippen molar-refractivity contribution in [2.24, 2.45) is 5.10 Å². The molecule has 2 rings (SSSR count). The molecule has 2 N–H and O–H groups in total. The second-order valence-electron chi connectivity index (χ2n) is 5.41. The number of nitrogens with zero attached hydrogens (tertiary/aromatic N) is 2. The summed E-state index contributed by atoms with van der Waals surface area (Å²) in [6.07, 6.45) is 0.0488. The number of phenolic OH excluding ortho intramolecular Hbond substituents is 1. The van der Waals surface area contributed by atoms with Crippen LogP contribution in [0.5, 0.6) is 5.75 Å². The first-order chi connectivity index (χ1) is 11.9. The Morgan fingerprint density at radius 2 is 1.88 bits per heavy atom. The lowest BCUT2D eigenvalue weighted by Crippen LogP contribution is -2.28. The highest BCUT2D eigenvalue weighted by Gasteiger charge is 2.14. The van der Waals surface area contributed by atoms with Gasteiger partial charge in [0.25, 0.3) is 5.91 Å². The van der Waals surface area contributed by atoms with E-state index in [1.165, 1.54) is 23.1 Å². The second kappa shape index (κ2) is 8.30. The lowest BCUT2D eigenvalue weighted by Gasteiger charge is -2.17. The molecule has 2 amide bonds. The number of hydrogen-bond acceptors (Lipinski definition) is 4. The Balaban J connectivity index is 1.98. The molecular weight excluding hydrogens is 342 g/mol. The Morgan fingerprint density at radius 3 is 2.56 bits per heavy atom. The van der Waals surface area contributed by atoms with Gasteiger partial charge in [0.1, 0.15) is 5.75 Å². The van der Waals surface area contributed by atoms with E-state index < -0.39 is 5.91 Å². The minimum Gasteiger partial charge on any atom is -0.507 e. The molecule has 0 aliphatic carbocycles. The largest absolute Gasteiger partial charge is 0.507 e. The van der Waals surface area contributed by atoms with Gasteiger partial charge in [-0.1, -0.05) is 29.8 Å². The van der Waals surface area contributed by atoms with Gasteiger partial charge in [-0.2, -0.15) is 5.10 Å². The van der Waals surface area contributed by atoms with Crippen molar-refractivity contribution >= 4 is 34.8 Å². The Bertz CT molecular complexity index is 806. The van der Waals surface area contributed by atoms with E-state index in [1.807, 2.05) is 30.3 Å². The molecule has 7 heteroatoms. The maximum absolute atomic E-state index is 12.2. The number of amides is 2. The van der Waals surface area contributed by atoms with Crippen LogP contribution in [-0.2, 0) is 4.79 Å². The Morgan fingerprint density at radius 1 is 1.20 bits per heavy atom. The molecule has 2 aromatic carbocycles. The number of benzene rings is 2. The van der Waals surface area contributed by atoms with Crippen molar-refractivity contribution in [3.8, 4) is 5.75 Å². The summed E-state index contributed by atoms with van der Waals surface area (Å²) in [5, 5.41) is 13.9. The molecule has 0 fully saturated rings. The number of anilines is 1. The SMILES string of the molecule is CC(CC(=O)N(C)c1ccccc1)=NNC(=O)c1cc(Cl)ccc1O. The lowest BCUT2D eigenvalue weighted by molar-refractivity contribution is -0.117. The fourth-order valence-electron chi connectivity index (χ4n) is 2.07. The molecule has 6 nitrogen and oxygen atoms in total. The number of hydrazone groups is 1. The molecule has 0 radical (unpaired) electrons. The molecule has 25 heavy (non-hydrogen) atoms. The van der Waals surface area contributed by atoms with Crippen LogP contribution in [0.2, 0.25) is 5.02 Å². The summed E-state index contributed by atoms with van der Waals surface area (Å²) >= 11 is 5.81. The minimum atomic E-state index is -0.608. The quantitative estimate of drug-likeness (QED) is 0.635. The highest BCUT2D eigenvalue weighted by atomic mass is 35.5. The molecule has 0 bridgehead atoms. The molecule has 0 aliphatic rings. The summed E-state index contributed by atoms with van der Waals surface area (Å²) in [7, 11) is 1.67. The van der Waals surface area contributed by atoms with Crippen molar-refractivity contribution in [2.45, 2.75) is 13.3 Å². The summed E-state index contributed by atoms with van der Waals surface area (Å²) in [5.41, 5.74) is 3.53. The van der Waals surface area contributed by atoms with E-state index in [4.69, 9.17) is 11.6 Å². The van der Waals surface area contributed by atoms with Crippen LogP contribution in [0, 0.1) is 0 Å². The molecule has 0 atom stereocenters. The van der Waals surface area contributed by atoms with Crippen LogP contribution in [0.4, 0.5) is 5.69 Å². The van der Waals surface area contributed by atoms with Crippen molar-refractivity contribution in [2.75, 3.05) is 11.9 Å². The van der Waals surface area contributed by atoms with E-state index in [-0.39, 0.29) is 23.6 Å². The van der Waals surface area contributed by atoms with Gasteiger partial charge < -0.3 is 10.0 Å². The zero-order valence-electron chi connectivity index (χ0n) is 13.9. The van der Waals surface area contributed by atoms with E-state index in [9.17, 15) is 14.7 Å². The molecule has 130 valence electrons. The molecule has 0 saturated carbocycles. The Kier molecular flexibility index (Phi) is 6.14. The van der Waals surface area contributed by atoms with Crippen LogP contribution >= 0.6 is 11.6 Å². The first-order valence-corrected chi connectivity index (χ1v) is 7.90. The fourth-order valence-corrected chi connectivity index (χ4v) is 2.24. The Hall–Kier alpha value is -2.86. The summed E-state index contributed by atoms with van der Waals surface area (Å²) in [5.74, 6) is -0.967. The molecule has 2 aromatic rings. The number of halogens is 1. The van der Waals surface area contributed by atoms with E-state index >= 15 is 0 Å². The molecule has 0 aliphatic heterocycles. The van der Waals surface area contributed by atoms with Gasteiger partial charge in [-0.25, -0.2) is 5.43 Å². The maximum Gasteiger partial charge on any atom is 0.275 e. The van der Waals surface area contributed by atoms with E-state index in [0.717, 1.165) is 5.69 Å². The standard InChI is InChI=1S/C18H18ClN3O3/c1-12(10-17(24)22(2)14-6-4-3-5-7-14)20-21-18(25)15-11-13(19)8-9-16(15)23/h3-9,11,23H,10H2,1-2H3,(H,21,25). The van der Waals surface area contributed by atoms with Gasteiger partial charge in [0, 0.05) is 23.5 Å². The van der Waals surface area contributed by atoms with Gasteiger partial charge >= 0.3 is 0 Å². The zero-order chi connectivity index (χ0) is 18.4. The maximum atomic E-state index is 12.2. The Labute approximate surface area is 150 Å². The summed E-state index contributed by atoms with van der Waals surface area (Å²) < 4.78 is 0. The van der Waals surface area contributed by atoms with Crippen molar-refractivity contribution in [1.29, 1.82) is 0 Å². The molecule has 0 aromatic heterocycles. The molecule has 0 spiro atoms. The summed E-state index contributed by atoms with van der Waals surface area (Å²) in [6.45, 7) is 1.63. The van der Waals surface area contributed by atoms with Crippen molar-refractivity contribution in [3.63, 3.8) is 0 Å². The zero-order valence-corrected chi connectivity index (χ0v) is 14.6. The third-order valence-corrected chi connectivity index (χ3v) is 3.71. The van der Waals surface area contributed by atoms with E-state index in [1.54, 1.807) is 14.0 Å². The molecule has 0 unspecified atom stereocenters. The number of hydrogen-bond donors (Lipinski definition) is 2. The van der Waals surface area contributed by atoms with Crippen molar-refractivity contribution < 1.29 is 14.7 Å². The van der Waals surface area contributed by atoms with Gasteiger partial charge in [0.2, 0.25) is 5.91 Å². The normalized spacial score (nSPS) is 11.1. The van der Waals surface area contributed by atoms with Gasteiger partial charge in [0.05, 0.1) is 12.0 Å². The minimum absolute atomic E-state index is 0.0109. The van der Waals surface area contributed by atoms with Crippen molar-refractivity contribution in [3.05, 3.63) is 59.1 Å². The predicted molar refractivity (Wildman–Crippen MR) is 98.2 cm³/mol. The van der Waals surface area contributed by atoms with Crippen LogP contribution in [0.3, 0.4) is 0 Å².